The molecule has 0 saturated heterocycles. The van der Waals surface area contributed by atoms with Gasteiger partial charge < -0.3 is 11.1 Å². The van der Waals surface area contributed by atoms with Crippen LogP contribution in [0.25, 0.3) is 0 Å². The Labute approximate surface area is 104 Å². The maximum absolute atomic E-state index is 13.5. The first-order chi connectivity index (χ1) is 8.09. The van der Waals surface area contributed by atoms with E-state index < -0.39 is 5.82 Å². The summed E-state index contributed by atoms with van der Waals surface area (Å²) in [4.78, 5) is 11.9. The summed E-state index contributed by atoms with van der Waals surface area (Å²) in [5, 5.41) is 2.72. The molecular weight excluding hydrogens is 243 g/mol. The van der Waals surface area contributed by atoms with E-state index in [-0.39, 0.29) is 28.6 Å². The summed E-state index contributed by atoms with van der Waals surface area (Å²) >= 11 is 5.83. The van der Waals surface area contributed by atoms with Gasteiger partial charge in [0.2, 0.25) is 5.91 Å². The summed E-state index contributed by atoms with van der Waals surface area (Å²) < 4.78 is 13.5. The van der Waals surface area contributed by atoms with Gasteiger partial charge in [0.25, 0.3) is 0 Å². The number of rotatable bonds is 2. The molecule has 1 amide bonds. The average Bonchev–Trinajstić information content (AvgIpc) is 2.70. The van der Waals surface area contributed by atoms with Gasteiger partial charge in [0.05, 0.1) is 16.6 Å². The second-order valence-electron chi connectivity index (χ2n) is 4.29. The van der Waals surface area contributed by atoms with Crippen LogP contribution in [0.4, 0.5) is 10.1 Å². The smallest absolute Gasteiger partial charge is 0.229 e. The molecule has 0 aromatic heterocycles. The Kier molecular flexibility index (Phi) is 3.64. The van der Waals surface area contributed by atoms with Crippen LogP contribution in [0.1, 0.15) is 19.3 Å². The van der Waals surface area contributed by atoms with E-state index in [1.165, 1.54) is 18.2 Å². The number of nitrogens with two attached hydrogens (primary N) is 1. The molecule has 5 heteroatoms. The zero-order valence-corrected chi connectivity index (χ0v) is 10.0. The van der Waals surface area contributed by atoms with Gasteiger partial charge in [-0.2, -0.15) is 0 Å². The summed E-state index contributed by atoms with van der Waals surface area (Å²) in [5.74, 6) is -1.02. The van der Waals surface area contributed by atoms with Gasteiger partial charge in [-0.3, -0.25) is 4.79 Å². The Morgan fingerprint density at radius 1 is 1.47 bits per heavy atom. The molecule has 0 radical (unpaired) electrons. The Hall–Kier alpha value is -1.13. The third kappa shape index (κ3) is 2.58. The second-order valence-corrected chi connectivity index (χ2v) is 4.69. The summed E-state index contributed by atoms with van der Waals surface area (Å²) in [6.07, 6.45) is 2.52. The molecule has 1 aliphatic rings. The molecule has 2 rings (SSSR count). The number of halogens is 2. The number of carbonyl (C=O) groups excluding carboxylic acids is 1. The lowest BCUT2D eigenvalue weighted by Crippen LogP contribution is -2.34. The first-order valence-corrected chi connectivity index (χ1v) is 5.98. The Balaban J connectivity index is 2.13. The Morgan fingerprint density at radius 2 is 2.24 bits per heavy atom. The molecule has 92 valence electrons. The predicted octanol–water partition coefficient (Wildman–Crippen LogP) is 2.54. The van der Waals surface area contributed by atoms with Crippen molar-refractivity contribution in [2.45, 2.75) is 25.3 Å². The van der Waals surface area contributed by atoms with E-state index in [9.17, 15) is 9.18 Å². The summed E-state index contributed by atoms with van der Waals surface area (Å²) in [6, 6.07) is 4.15. The van der Waals surface area contributed by atoms with Crippen LogP contribution in [-0.2, 0) is 4.79 Å². The van der Waals surface area contributed by atoms with Gasteiger partial charge in [0.1, 0.15) is 5.82 Å². The Morgan fingerprint density at radius 3 is 2.82 bits per heavy atom. The molecule has 1 aromatic carbocycles. The van der Waals surface area contributed by atoms with Gasteiger partial charge in [-0.25, -0.2) is 4.39 Å². The lowest BCUT2D eigenvalue weighted by atomic mass is 10.0. The highest BCUT2D eigenvalue weighted by Gasteiger charge is 2.30. The molecule has 17 heavy (non-hydrogen) atoms. The fraction of sp³-hybridized carbons (Fsp3) is 0.417. The van der Waals surface area contributed by atoms with E-state index in [1.807, 2.05) is 0 Å². The summed E-state index contributed by atoms with van der Waals surface area (Å²) in [7, 11) is 0. The van der Waals surface area contributed by atoms with Crippen LogP contribution in [0.15, 0.2) is 18.2 Å². The highest BCUT2D eigenvalue weighted by atomic mass is 35.5. The number of nitrogens with one attached hydrogen (secondary N) is 1. The number of hydrogen-bond donors (Lipinski definition) is 2. The van der Waals surface area contributed by atoms with Crippen molar-refractivity contribution in [2.24, 2.45) is 11.7 Å². The van der Waals surface area contributed by atoms with E-state index in [2.05, 4.69) is 5.32 Å². The maximum atomic E-state index is 13.5. The molecule has 2 atom stereocenters. The van der Waals surface area contributed by atoms with Gasteiger partial charge in [0, 0.05) is 6.04 Å². The Bertz CT molecular complexity index is 418. The van der Waals surface area contributed by atoms with Gasteiger partial charge >= 0.3 is 0 Å². The fourth-order valence-electron chi connectivity index (χ4n) is 2.15. The van der Waals surface area contributed by atoms with Crippen molar-refractivity contribution in [1.82, 2.24) is 0 Å². The van der Waals surface area contributed by atoms with Gasteiger partial charge in [0.15, 0.2) is 0 Å². The van der Waals surface area contributed by atoms with E-state index in [0.29, 0.717) is 0 Å². The average molecular weight is 257 g/mol. The molecule has 3 N–H and O–H groups in total. The molecule has 2 unspecified atom stereocenters. The third-order valence-electron chi connectivity index (χ3n) is 3.12. The van der Waals surface area contributed by atoms with Crippen LogP contribution < -0.4 is 11.1 Å². The van der Waals surface area contributed by atoms with Crippen molar-refractivity contribution in [3.8, 4) is 0 Å². The minimum atomic E-state index is -0.530. The van der Waals surface area contributed by atoms with Gasteiger partial charge in [-0.15, -0.1) is 0 Å². The molecule has 0 heterocycles. The molecular formula is C12H14ClFN2O. The van der Waals surface area contributed by atoms with Crippen LogP contribution >= 0.6 is 11.6 Å². The van der Waals surface area contributed by atoms with Crippen molar-refractivity contribution < 1.29 is 9.18 Å². The summed E-state index contributed by atoms with van der Waals surface area (Å²) in [6.45, 7) is 0. The van der Waals surface area contributed by atoms with Gasteiger partial charge in [-0.05, 0) is 25.0 Å². The summed E-state index contributed by atoms with van der Waals surface area (Å²) in [5.41, 5.74) is 5.86. The molecule has 1 fully saturated rings. The number of amides is 1. The number of para-hydroxylation sites is 1. The van der Waals surface area contributed by atoms with E-state index >= 15 is 0 Å². The standard InChI is InChI=1S/C12H14ClFN2O/c13-8-4-2-5-9(14)11(8)16-12(17)7-3-1-6-10(7)15/h2,4-5,7,10H,1,3,6,15H2,(H,16,17). The number of benzene rings is 1. The first-order valence-electron chi connectivity index (χ1n) is 5.60. The number of hydrogen-bond acceptors (Lipinski definition) is 2. The molecule has 0 bridgehead atoms. The first kappa shape index (κ1) is 12.3. The zero-order valence-electron chi connectivity index (χ0n) is 9.25. The van der Waals surface area contributed by atoms with Gasteiger partial charge in [-0.1, -0.05) is 24.1 Å². The van der Waals surface area contributed by atoms with Crippen molar-refractivity contribution >= 4 is 23.2 Å². The molecule has 3 nitrogen and oxygen atoms in total. The highest BCUT2D eigenvalue weighted by Crippen LogP contribution is 2.28. The van der Waals surface area contributed by atoms with E-state index in [1.54, 1.807) is 0 Å². The molecule has 1 aliphatic carbocycles. The van der Waals surface area contributed by atoms with Crippen molar-refractivity contribution in [3.05, 3.63) is 29.0 Å². The quantitative estimate of drug-likeness (QED) is 0.854. The lowest BCUT2D eigenvalue weighted by molar-refractivity contribution is -0.120. The normalized spacial score (nSPS) is 23.7. The van der Waals surface area contributed by atoms with Crippen molar-refractivity contribution in [3.63, 3.8) is 0 Å². The second kappa shape index (κ2) is 5.02. The van der Waals surface area contributed by atoms with Crippen molar-refractivity contribution in [2.75, 3.05) is 5.32 Å². The van der Waals surface area contributed by atoms with Crippen LogP contribution in [-0.4, -0.2) is 11.9 Å². The number of anilines is 1. The highest BCUT2D eigenvalue weighted by molar-refractivity contribution is 6.33. The molecule has 1 saturated carbocycles. The predicted molar refractivity (Wildman–Crippen MR) is 65.4 cm³/mol. The van der Waals surface area contributed by atoms with Crippen LogP contribution in [0.5, 0.6) is 0 Å². The van der Waals surface area contributed by atoms with Crippen LogP contribution in [0.2, 0.25) is 5.02 Å². The topological polar surface area (TPSA) is 55.1 Å². The van der Waals surface area contributed by atoms with E-state index in [4.69, 9.17) is 17.3 Å². The number of carbonyl (C=O) groups is 1. The zero-order chi connectivity index (χ0) is 12.4. The van der Waals surface area contributed by atoms with Crippen LogP contribution in [0, 0.1) is 11.7 Å². The fourth-order valence-corrected chi connectivity index (χ4v) is 2.36. The third-order valence-corrected chi connectivity index (χ3v) is 3.43. The molecule has 1 aromatic rings. The largest absolute Gasteiger partial charge is 0.327 e. The van der Waals surface area contributed by atoms with E-state index in [0.717, 1.165) is 19.3 Å². The maximum Gasteiger partial charge on any atom is 0.229 e. The van der Waals surface area contributed by atoms with Crippen LogP contribution in [0.3, 0.4) is 0 Å². The molecule has 0 spiro atoms. The SMILES string of the molecule is NC1CCCC1C(=O)Nc1c(F)cccc1Cl. The lowest BCUT2D eigenvalue weighted by Gasteiger charge is -2.16. The molecule has 0 aliphatic heterocycles. The minimum absolute atomic E-state index is 0.0401. The van der Waals surface area contributed by atoms with Crippen molar-refractivity contribution in [1.29, 1.82) is 0 Å². The minimum Gasteiger partial charge on any atom is -0.327 e. The monoisotopic (exact) mass is 256 g/mol.